The fourth-order valence-corrected chi connectivity index (χ4v) is 1.37. The van der Waals surface area contributed by atoms with E-state index in [0.717, 1.165) is 13.0 Å². The molecule has 0 N–H and O–H groups in total. The van der Waals surface area contributed by atoms with Crippen molar-refractivity contribution in [3.8, 4) is 6.07 Å². The lowest BCUT2D eigenvalue weighted by Gasteiger charge is -2.16. The van der Waals surface area contributed by atoms with Crippen molar-refractivity contribution in [3.05, 3.63) is 12.7 Å². The van der Waals surface area contributed by atoms with Gasteiger partial charge in [-0.15, -0.1) is 6.58 Å². The third-order valence-corrected chi connectivity index (χ3v) is 2.15. The number of nitriles is 1. The lowest BCUT2D eigenvalue weighted by atomic mass is 10.1. The van der Waals surface area contributed by atoms with Crippen molar-refractivity contribution in [1.29, 1.82) is 5.26 Å². The first kappa shape index (κ1) is 13.2. The summed E-state index contributed by atoms with van der Waals surface area (Å²) >= 11 is 0. The van der Waals surface area contributed by atoms with Crippen molar-refractivity contribution in [3.63, 3.8) is 0 Å². The highest BCUT2D eigenvalue weighted by molar-refractivity contribution is 4.82. The predicted molar refractivity (Wildman–Crippen MR) is 58.9 cm³/mol. The molecular weight excluding hydrogens is 174 g/mol. The van der Waals surface area contributed by atoms with E-state index in [1.165, 1.54) is 12.8 Å². The van der Waals surface area contributed by atoms with Gasteiger partial charge >= 0.3 is 0 Å². The predicted octanol–water partition coefficient (Wildman–Crippen LogP) is 3.30. The molecule has 0 aromatic heterocycles. The highest BCUT2D eigenvalue weighted by Crippen LogP contribution is 2.10. The van der Waals surface area contributed by atoms with Crippen LogP contribution in [0.1, 0.15) is 39.5 Å². The molecule has 0 saturated carbocycles. The van der Waals surface area contributed by atoms with Crippen molar-refractivity contribution in [2.24, 2.45) is 5.92 Å². The third-order valence-electron chi connectivity index (χ3n) is 2.15. The van der Waals surface area contributed by atoms with Gasteiger partial charge < -0.3 is 4.74 Å². The van der Waals surface area contributed by atoms with Crippen molar-refractivity contribution in [2.75, 3.05) is 6.61 Å². The van der Waals surface area contributed by atoms with Crippen molar-refractivity contribution >= 4 is 0 Å². The summed E-state index contributed by atoms with van der Waals surface area (Å²) in [5, 5.41) is 8.57. The Bertz CT molecular complexity index is 183. The number of hydrogen-bond donors (Lipinski definition) is 0. The van der Waals surface area contributed by atoms with E-state index in [4.69, 9.17) is 10.00 Å². The fourth-order valence-electron chi connectivity index (χ4n) is 1.37. The third kappa shape index (κ3) is 6.68. The highest BCUT2D eigenvalue weighted by atomic mass is 16.5. The van der Waals surface area contributed by atoms with Crippen molar-refractivity contribution in [1.82, 2.24) is 0 Å². The maximum atomic E-state index is 8.57. The average Bonchev–Trinajstić information content (AvgIpc) is 2.15. The van der Waals surface area contributed by atoms with Crippen molar-refractivity contribution in [2.45, 2.75) is 45.6 Å². The quantitative estimate of drug-likeness (QED) is 0.557. The molecule has 0 aromatic carbocycles. The molecule has 0 saturated heterocycles. The van der Waals surface area contributed by atoms with E-state index in [1.807, 2.05) is 6.08 Å². The number of ether oxygens (including phenoxy) is 1. The van der Waals surface area contributed by atoms with Gasteiger partial charge in [-0.25, -0.2) is 0 Å². The molecule has 2 nitrogen and oxygen atoms in total. The average molecular weight is 195 g/mol. The van der Waals surface area contributed by atoms with E-state index in [1.54, 1.807) is 0 Å². The first-order valence-corrected chi connectivity index (χ1v) is 5.34. The van der Waals surface area contributed by atoms with E-state index in [0.29, 0.717) is 12.3 Å². The van der Waals surface area contributed by atoms with Crippen LogP contribution in [0.3, 0.4) is 0 Å². The van der Waals surface area contributed by atoms with Crippen LogP contribution in [0.2, 0.25) is 0 Å². The zero-order chi connectivity index (χ0) is 10.8. The number of nitrogens with zero attached hydrogens (tertiary/aromatic N) is 1. The molecular formula is C12H21NO. The van der Waals surface area contributed by atoms with Gasteiger partial charge in [0.2, 0.25) is 0 Å². The van der Waals surface area contributed by atoms with Crippen LogP contribution in [0.5, 0.6) is 0 Å². The molecule has 0 aromatic rings. The zero-order valence-electron chi connectivity index (χ0n) is 9.33. The number of rotatable bonds is 8. The SMILES string of the molecule is C=CCC(CC#N)OCC(C)CCC. The smallest absolute Gasteiger partial charge is 0.0739 e. The standard InChI is InChI=1S/C12H21NO/c1-4-6-11(3)10-14-12(7-5-2)8-9-13/h5,11-12H,2,4,6-8,10H2,1,3H3. The monoisotopic (exact) mass is 195 g/mol. The Balaban J connectivity index is 3.69. The first-order chi connectivity index (χ1) is 6.74. The molecule has 0 radical (unpaired) electrons. The summed E-state index contributed by atoms with van der Waals surface area (Å²) in [4.78, 5) is 0. The first-order valence-electron chi connectivity index (χ1n) is 5.34. The Hall–Kier alpha value is -0.810. The topological polar surface area (TPSA) is 33.0 Å². The Kier molecular flexibility index (Phi) is 8.27. The van der Waals surface area contributed by atoms with Crippen LogP contribution in [0, 0.1) is 17.2 Å². The summed E-state index contributed by atoms with van der Waals surface area (Å²) < 4.78 is 5.64. The summed E-state index contributed by atoms with van der Waals surface area (Å²) in [6.45, 7) is 8.77. The summed E-state index contributed by atoms with van der Waals surface area (Å²) in [7, 11) is 0. The molecule has 14 heavy (non-hydrogen) atoms. The van der Waals surface area contributed by atoms with Gasteiger partial charge in [-0.1, -0.05) is 26.3 Å². The molecule has 0 spiro atoms. The minimum Gasteiger partial charge on any atom is -0.377 e. The van der Waals surface area contributed by atoms with Crippen LogP contribution in [-0.4, -0.2) is 12.7 Å². The van der Waals surface area contributed by atoms with Gasteiger partial charge in [0.1, 0.15) is 0 Å². The Morgan fingerprint density at radius 2 is 2.29 bits per heavy atom. The second-order valence-electron chi connectivity index (χ2n) is 3.74. The van der Waals surface area contributed by atoms with Gasteiger partial charge in [0, 0.05) is 6.61 Å². The molecule has 80 valence electrons. The Morgan fingerprint density at radius 3 is 2.79 bits per heavy atom. The minimum absolute atomic E-state index is 0.0387. The van der Waals surface area contributed by atoms with Crippen LogP contribution >= 0.6 is 0 Å². The zero-order valence-corrected chi connectivity index (χ0v) is 9.33. The molecule has 0 fully saturated rings. The molecule has 0 aliphatic heterocycles. The molecule has 0 amide bonds. The van der Waals surface area contributed by atoms with Crippen LogP contribution < -0.4 is 0 Å². The van der Waals surface area contributed by atoms with Gasteiger partial charge in [-0.3, -0.25) is 0 Å². The normalized spacial score (nSPS) is 14.4. The van der Waals surface area contributed by atoms with E-state index >= 15 is 0 Å². The second kappa shape index (κ2) is 8.77. The van der Waals surface area contributed by atoms with Gasteiger partial charge in [-0.05, 0) is 18.8 Å². The molecule has 0 aliphatic rings. The molecule has 2 unspecified atom stereocenters. The van der Waals surface area contributed by atoms with Gasteiger partial charge in [0.15, 0.2) is 0 Å². The maximum Gasteiger partial charge on any atom is 0.0739 e. The maximum absolute atomic E-state index is 8.57. The summed E-state index contributed by atoms with van der Waals surface area (Å²) in [5.41, 5.74) is 0. The van der Waals surface area contributed by atoms with Crippen LogP contribution in [0.15, 0.2) is 12.7 Å². The van der Waals surface area contributed by atoms with Gasteiger partial charge in [-0.2, -0.15) is 5.26 Å². The molecule has 0 aliphatic carbocycles. The lowest BCUT2D eigenvalue weighted by molar-refractivity contribution is 0.0355. The van der Waals surface area contributed by atoms with Crippen LogP contribution in [0.25, 0.3) is 0 Å². The molecule has 0 rings (SSSR count). The second-order valence-corrected chi connectivity index (χ2v) is 3.74. The molecule has 2 atom stereocenters. The van der Waals surface area contributed by atoms with E-state index in [9.17, 15) is 0 Å². The van der Waals surface area contributed by atoms with E-state index < -0.39 is 0 Å². The summed E-state index contributed by atoms with van der Waals surface area (Å²) in [5.74, 6) is 0.589. The molecule has 0 bridgehead atoms. The highest BCUT2D eigenvalue weighted by Gasteiger charge is 2.08. The summed E-state index contributed by atoms with van der Waals surface area (Å²) in [6, 6.07) is 2.14. The molecule has 2 heteroatoms. The van der Waals surface area contributed by atoms with Crippen molar-refractivity contribution < 1.29 is 4.74 Å². The fraction of sp³-hybridized carbons (Fsp3) is 0.750. The molecule has 0 heterocycles. The van der Waals surface area contributed by atoms with Gasteiger partial charge in [0.05, 0.1) is 18.6 Å². The van der Waals surface area contributed by atoms with Crippen LogP contribution in [0.4, 0.5) is 0 Å². The lowest BCUT2D eigenvalue weighted by Crippen LogP contribution is -2.16. The Labute approximate surface area is 87.6 Å². The number of hydrogen-bond acceptors (Lipinski definition) is 2. The van der Waals surface area contributed by atoms with E-state index in [-0.39, 0.29) is 6.10 Å². The largest absolute Gasteiger partial charge is 0.377 e. The van der Waals surface area contributed by atoms with Crippen LogP contribution in [-0.2, 0) is 4.74 Å². The minimum atomic E-state index is 0.0387. The van der Waals surface area contributed by atoms with Gasteiger partial charge in [0.25, 0.3) is 0 Å². The Morgan fingerprint density at radius 1 is 1.57 bits per heavy atom. The summed E-state index contributed by atoms with van der Waals surface area (Å²) in [6.07, 6.45) is 5.46. The van der Waals surface area contributed by atoms with E-state index in [2.05, 4.69) is 26.5 Å².